The van der Waals surface area contributed by atoms with Crippen LogP contribution in [0.2, 0.25) is 0 Å². The quantitative estimate of drug-likeness (QED) is 0.752. The van der Waals surface area contributed by atoms with Gasteiger partial charge in [-0.3, -0.25) is 9.59 Å². The van der Waals surface area contributed by atoms with Crippen LogP contribution in [0.5, 0.6) is 0 Å². The molecule has 0 heterocycles. The molecule has 29 heavy (non-hydrogen) atoms. The maximum atomic E-state index is 13.3. The standard InChI is InChI=1S/C25H36N2O2/c1-5-27(6-2)21(28)20-9-7-18(8-10-20)14-26-22(29)25-13-19-11-23(3,16-25)15-24(4,12-19)17-25/h7-10,19H,5-6,11-17H2,1-4H3,(H,26,29). The molecule has 0 aliphatic heterocycles. The van der Waals surface area contributed by atoms with Crippen molar-refractivity contribution in [2.24, 2.45) is 22.2 Å². The fourth-order valence-corrected chi connectivity index (χ4v) is 7.53. The normalized spacial score (nSPS) is 34.8. The molecular weight excluding hydrogens is 360 g/mol. The highest BCUT2D eigenvalue weighted by atomic mass is 16.2. The van der Waals surface area contributed by atoms with Crippen LogP contribution in [0.3, 0.4) is 0 Å². The third-order valence-corrected chi connectivity index (χ3v) is 7.81. The molecule has 4 bridgehead atoms. The molecule has 0 aromatic heterocycles. The molecule has 2 unspecified atom stereocenters. The number of carbonyl (C=O) groups excluding carboxylic acids is 2. The summed E-state index contributed by atoms with van der Waals surface area (Å²) in [6.07, 6.45) is 7.07. The van der Waals surface area contributed by atoms with Crippen LogP contribution >= 0.6 is 0 Å². The fraction of sp³-hybridized carbons (Fsp3) is 0.680. The summed E-state index contributed by atoms with van der Waals surface area (Å²) in [6.45, 7) is 10.8. The van der Waals surface area contributed by atoms with Crippen molar-refractivity contribution in [3.05, 3.63) is 35.4 Å². The van der Waals surface area contributed by atoms with Crippen molar-refractivity contribution >= 4 is 11.8 Å². The first-order valence-corrected chi connectivity index (χ1v) is 11.4. The second-order valence-electron chi connectivity index (χ2n) is 10.8. The van der Waals surface area contributed by atoms with E-state index in [1.54, 1.807) is 0 Å². The van der Waals surface area contributed by atoms with Gasteiger partial charge in [0.1, 0.15) is 0 Å². The molecule has 4 saturated carbocycles. The fourth-order valence-electron chi connectivity index (χ4n) is 7.53. The summed E-state index contributed by atoms with van der Waals surface area (Å²) in [5, 5.41) is 3.25. The van der Waals surface area contributed by atoms with Gasteiger partial charge >= 0.3 is 0 Å². The highest BCUT2D eigenvalue weighted by Gasteiger charge is 2.62. The van der Waals surface area contributed by atoms with Gasteiger partial charge in [0.15, 0.2) is 0 Å². The van der Waals surface area contributed by atoms with Crippen LogP contribution in [0.15, 0.2) is 24.3 Å². The number of carbonyl (C=O) groups is 2. The highest BCUT2D eigenvalue weighted by molar-refractivity contribution is 5.94. The maximum Gasteiger partial charge on any atom is 0.253 e. The van der Waals surface area contributed by atoms with Gasteiger partial charge in [0.2, 0.25) is 5.91 Å². The van der Waals surface area contributed by atoms with Crippen LogP contribution in [0.1, 0.15) is 82.1 Å². The molecule has 0 saturated heterocycles. The Labute approximate surface area is 175 Å². The Morgan fingerprint density at radius 1 is 0.966 bits per heavy atom. The first-order chi connectivity index (χ1) is 13.7. The number of hydrogen-bond acceptors (Lipinski definition) is 2. The second-order valence-corrected chi connectivity index (χ2v) is 10.8. The van der Waals surface area contributed by atoms with Gasteiger partial charge in [0.05, 0.1) is 5.41 Å². The lowest BCUT2D eigenvalue weighted by atomic mass is 9.40. The summed E-state index contributed by atoms with van der Waals surface area (Å²) >= 11 is 0. The van der Waals surface area contributed by atoms with E-state index in [0.717, 1.165) is 30.7 Å². The number of nitrogens with zero attached hydrogens (tertiary/aromatic N) is 1. The van der Waals surface area contributed by atoms with E-state index in [0.29, 0.717) is 36.0 Å². The zero-order chi connectivity index (χ0) is 20.9. The Balaban J connectivity index is 1.41. The monoisotopic (exact) mass is 396 g/mol. The van der Waals surface area contributed by atoms with Crippen LogP contribution < -0.4 is 5.32 Å². The smallest absolute Gasteiger partial charge is 0.253 e. The number of rotatable bonds is 6. The molecule has 5 rings (SSSR count). The lowest BCUT2D eigenvalue weighted by Crippen LogP contribution is -2.59. The van der Waals surface area contributed by atoms with E-state index in [2.05, 4.69) is 19.2 Å². The molecule has 4 fully saturated rings. The van der Waals surface area contributed by atoms with Crippen molar-refractivity contribution in [2.75, 3.05) is 13.1 Å². The van der Waals surface area contributed by atoms with Gasteiger partial charge in [0.25, 0.3) is 5.91 Å². The molecular formula is C25H36N2O2. The summed E-state index contributed by atoms with van der Waals surface area (Å²) in [7, 11) is 0. The van der Waals surface area contributed by atoms with Crippen molar-refractivity contribution in [1.82, 2.24) is 10.2 Å². The van der Waals surface area contributed by atoms with Crippen LogP contribution in [-0.2, 0) is 11.3 Å². The van der Waals surface area contributed by atoms with E-state index in [4.69, 9.17) is 0 Å². The summed E-state index contributed by atoms with van der Waals surface area (Å²) in [6, 6.07) is 7.71. The molecule has 1 aromatic rings. The summed E-state index contributed by atoms with van der Waals surface area (Å²) < 4.78 is 0. The van der Waals surface area contributed by atoms with Crippen LogP contribution in [0.25, 0.3) is 0 Å². The molecule has 1 aromatic carbocycles. The van der Waals surface area contributed by atoms with Gasteiger partial charge in [-0.15, -0.1) is 0 Å². The predicted octanol–water partition coefficient (Wildman–Crippen LogP) is 4.78. The van der Waals surface area contributed by atoms with Crippen molar-refractivity contribution < 1.29 is 9.59 Å². The van der Waals surface area contributed by atoms with Crippen molar-refractivity contribution in [3.8, 4) is 0 Å². The van der Waals surface area contributed by atoms with Crippen molar-refractivity contribution in [2.45, 2.75) is 72.8 Å². The largest absolute Gasteiger partial charge is 0.352 e. The molecule has 4 aliphatic carbocycles. The minimum absolute atomic E-state index is 0.0700. The minimum atomic E-state index is -0.165. The van der Waals surface area contributed by atoms with Gasteiger partial charge in [-0.25, -0.2) is 0 Å². The van der Waals surface area contributed by atoms with E-state index >= 15 is 0 Å². The van der Waals surface area contributed by atoms with Crippen LogP contribution in [-0.4, -0.2) is 29.8 Å². The lowest BCUT2D eigenvalue weighted by molar-refractivity contribution is -0.170. The molecule has 158 valence electrons. The first kappa shape index (κ1) is 20.4. The Morgan fingerprint density at radius 3 is 2.07 bits per heavy atom. The Bertz CT molecular complexity index is 778. The molecule has 2 atom stereocenters. The van der Waals surface area contributed by atoms with E-state index in [1.165, 1.54) is 19.3 Å². The number of nitrogens with one attached hydrogen (secondary N) is 1. The predicted molar refractivity (Wildman–Crippen MR) is 115 cm³/mol. The molecule has 2 amide bonds. The highest BCUT2D eigenvalue weighted by Crippen LogP contribution is 2.69. The zero-order valence-electron chi connectivity index (χ0n) is 18.5. The molecule has 4 heteroatoms. The van der Waals surface area contributed by atoms with Gasteiger partial charge in [-0.1, -0.05) is 26.0 Å². The van der Waals surface area contributed by atoms with Crippen LogP contribution in [0, 0.1) is 22.2 Å². The molecule has 1 N–H and O–H groups in total. The summed E-state index contributed by atoms with van der Waals surface area (Å²) in [5.74, 6) is 1.04. The SMILES string of the molecule is CCN(CC)C(=O)c1ccc(CNC(=O)C23CC4CC(C)(CC(C)(C4)C2)C3)cc1. The molecule has 0 spiro atoms. The van der Waals surface area contributed by atoms with Gasteiger partial charge in [-0.2, -0.15) is 0 Å². The number of benzene rings is 1. The first-order valence-electron chi connectivity index (χ1n) is 11.4. The van der Waals surface area contributed by atoms with Crippen LogP contribution in [0.4, 0.5) is 0 Å². The Morgan fingerprint density at radius 2 is 1.55 bits per heavy atom. The van der Waals surface area contributed by atoms with E-state index in [-0.39, 0.29) is 17.2 Å². The van der Waals surface area contributed by atoms with Gasteiger partial charge in [-0.05, 0) is 86.8 Å². The number of amides is 2. The third kappa shape index (κ3) is 3.71. The van der Waals surface area contributed by atoms with E-state index in [1.807, 2.05) is 43.0 Å². The average Bonchev–Trinajstić information content (AvgIpc) is 2.64. The van der Waals surface area contributed by atoms with E-state index < -0.39 is 0 Å². The average molecular weight is 397 g/mol. The van der Waals surface area contributed by atoms with Crippen molar-refractivity contribution in [1.29, 1.82) is 0 Å². The summed E-state index contributed by atoms with van der Waals surface area (Å²) in [5.41, 5.74) is 2.29. The minimum Gasteiger partial charge on any atom is -0.352 e. The number of hydrogen-bond donors (Lipinski definition) is 1. The maximum absolute atomic E-state index is 13.3. The van der Waals surface area contributed by atoms with Gasteiger partial charge < -0.3 is 10.2 Å². The summed E-state index contributed by atoms with van der Waals surface area (Å²) in [4.78, 5) is 27.6. The zero-order valence-corrected chi connectivity index (χ0v) is 18.5. The molecule has 4 aliphatic rings. The van der Waals surface area contributed by atoms with Crippen molar-refractivity contribution in [3.63, 3.8) is 0 Å². The molecule has 0 radical (unpaired) electrons. The van der Waals surface area contributed by atoms with Gasteiger partial charge in [0, 0.05) is 25.2 Å². The van der Waals surface area contributed by atoms with E-state index in [9.17, 15) is 9.59 Å². The Kier molecular flexibility index (Phi) is 5.03. The topological polar surface area (TPSA) is 49.4 Å². The molecule has 4 nitrogen and oxygen atoms in total. The second kappa shape index (κ2) is 7.14. The lowest BCUT2D eigenvalue weighted by Gasteiger charge is -2.64. The third-order valence-electron chi connectivity index (χ3n) is 7.81. The Hall–Kier alpha value is -1.84.